The van der Waals surface area contributed by atoms with E-state index in [1.165, 1.54) is 6.08 Å². The van der Waals surface area contributed by atoms with Gasteiger partial charge in [0.05, 0.1) is 18.9 Å². The van der Waals surface area contributed by atoms with Crippen LogP contribution in [-0.2, 0) is 4.79 Å². The van der Waals surface area contributed by atoms with Crippen molar-refractivity contribution >= 4 is 17.7 Å². The summed E-state index contributed by atoms with van der Waals surface area (Å²) in [6.07, 6.45) is 5.44. The molecule has 25 heavy (non-hydrogen) atoms. The largest absolute Gasteiger partial charge is 0.494 e. The monoisotopic (exact) mass is 339 g/mol. The van der Waals surface area contributed by atoms with Gasteiger partial charge in [0.15, 0.2) is 0 Å². The SMILES string of the molecule is CCCCOc1ccc(C=CC(=O)Nc2ccccc2OCC)cc1. The van der Waals surface area contributed by atoms with E-state index in [0.29, 0.717) is 18.0 Å². The molecular formula is C21H25NO3. The van der Waals surface area contributed by atoms with E-state index in [9.17, 15) is 4.79 Å². The fourth-order valence-corrected chi connectivity index (χ4v) is 2.21. The van der Waals surface area contributed by atoms with E-state index in [-0.39, 0.29) is 5.91 Å². The topological polar surface area (TPSA) is 47.6 Å². The summed E-state index contributed by atoms with van der Waals surface area (Å²) in [6, 6.07) is 15.1. The Morgan fingerprint density at radius 1 is 1.04 bits per heavy atom. The van der Waals surface area contributed by atoms with Crippen molar-refractivity contribution in [2.45, 2.75) is 26.7 Å². The van der Waals surface area contributed by atoms with Crippen LogP contribution in [0.15, 0.2) is 54.6 Å². The molecule has 0 radical (unpaired) electrons. The third-order valence-electron chi connectivity index (χ3n) is 3.52. The average molecular weight is 339 g/mol. The van der Waals surface area contributed by atoms with Gasteiger partial charge in [0.25, 0.3) is 0 Å². The number of rotatable bonds is 9. The number of hydrogen-bond acceptors (Lipinski definition) is 3. The van der Waals surface area contributed by atoms with Crippen LogP contribution < -0.4 is 14.8 Å². The standard InChI is InChI=1S/C21H25NO3/c1-3-5-16-25-18-13-10-17(11-14-18)12-15-21(23)22-19-8-6-7-9-20(19)24-4-2/h6-15H,3-5,16H2,1-2H3,(H,22,23). The molecule has 0 aliphatic carbocycles. The number of ether oxygens (including phenoxy) is 2. The summed E-state index contributed by atoms with van der Waals surface area (Å²) in [5.74, 6) is 1.32. The highest BCUT2D eigenvalue weighted by Crippen LogP contribution is 2.23. The van der Waals surface area contributed by atoms with E-state index >= 15 is 0 Å². The molecule has 1 N–H and O–H groups in total. The van der Waals surface area contributed by atoms with Crippen LogP contribution in [0.25, 0.3) is 6.08 Å². The zero-order valence-electron chi connectivity index (χ0n) is 14.8. The van der Waals surface area contributed by atoms with Gasteiger partial charge in [0.2, 0.25) is 5.91 Å². The minimum atomic E-state index is -0.199. The molecule has 4 heteroatoms. The molecule has 0 aliphatic heterocycles. The summed E-state index contributed by atoms with van der Waals surface area (Å²) < 4.78 is 11.1. The molecule has 0 spiro atoms. The molecule has 2 aromatic carbocycles. The molecular weight excluding hydrogens is 314 g/mol. The van der Waals surface area contributed by atoms with Crippen LogP contribution in [0.1, 0.15) is 32.3 Å². The average Bonchev–Trinajstić information content (AvgIpc) is 2.63. The second-order valence-electron chi connectivity index (χ2n) is 5.52. The van der Waals surface area contributed by atoms with Gasteiger partial charge in [-0.3, -0.25) is 4.79 Å². The number of amides is 1. The van der Waals surface area contributed by atoms with Gasteiger partial charge in [0, 0.05) is 6.08 Å². The highest BCUT2D eigenvalue weighted by atomic mass is 16.5. The van der Waals surface area contributed by atoms with E-state index in [0.717, 1.165) is 30.8 Å². The molecule has 0 aromatic heterocycles. The van der Waals surface area contributed by atoms with E-state index < -0.39 is 0 Å². The number of carbonyl (C=O) groups is 1. The van der Waals surface area contributed by atoms with Gasteiger partial charge in [-0.2, -0.15) is 0 Å². The lowest BCUT2D eigenvalue weighted by Gasteiger charge is -2.09. The zero-order chi connectivity index (χ0) is 17.9. The van der Waals surface area contributed by atoms with Gasteiger partial charge in [-0.15, -0.1) is 0 Å². The molecule has 4 nitrogen and oxygen atoms in total. The van der Waals surface area contributed by atoms with Gasteiger partial charge in [-0.1, -0.05) is 37.6 Å². The number of hydrogen-bond donors (Lipinski definition) is 1. The lowest BCUT2D eigenvalue weighted by molar-refractivity contribution is -0.111. The Morgan fingerprint density at radius 2 is 1.80 bits per heavy atom. The summed E-state index contributed by atoms with van der Waals surface area (Å²) in [5.41, 5.74) is 1.61. The number of benzene rings is 2. The molecule has 0 unspecified atom stereocenters. The predicted molar refractivity (Wildman–Crippen MR) is 102 cm³/mol. The smallest absolute Gasteiger partial charge is 0.248 e. The van der Waals surface area contributed by atoms with Gasteiger partial charge < -0.3 is 14.8 Å². The minimum Gasteiger partial charge on any atom is -0.494 e. The summed E-state index contributed by atoms with van der Waals surface area (Å²) in [7, 11) is 0. The first-order valence-corrected chi connectivity index (χ1v) is 8.66. The van der Waals surface area contributed by atoms with Crippen LogP contribution in [0.2, 0.25) is 0 Å². The van der Waals surface area contributed by atoms with Crippen LogP contribution in [0.5, 0.6) is 11.5 Å². The number of carbonyl (C=O) groups excluding carboxylic acids is 1. The van der Waals surface area contributed by atoms with Crippen LogP contribution in [0, 0.1) is 0 Å². The van der Waals surface area contributed by atoms with Crippen molar-refractivity contribution in [1.82, 2.24) is 0 Å². The van der Waals surface area contributed by atoms with Gasteiger partial charge >= 0.3 is 0 Å². The second-order valence-corrected chi connectivity index (χ2v) is 5.52. The molecule has 2 rings (SSSR count). The fraction of sp³-hybridized carbons (Fsp3) is 0.286. The molecule has 2 aromatic rings. The van der Waals surface area contributed by atoms with Gasteiger partial charge in [-0.05, 0) is 49.2 Å². The quantitative estimate of drug-likeness (QED) is 0.521. The third kappa shape index (κ3) is 6.34. The predicted octanol–water partition coefficient (Wildman–Crippen LogP) is 4.92. The molecule has 0 heterocycles. The number of para-hydroxylation sites is 2. The molecule has 0 saturated carbocycles. The molecule has 0 aliphatic rings. The van der Waals surface area contributed by atoms with Gasteiger partial charge in [-0.25, -0.2) is 0 Å². The molecule has 0 bridgehead atoms. The Balaban J connectivity index is 1.92. The molecule has 0 fully saturated rings. The first-order valence-electron chi connectivity index (χ1n) is 8.66. The van der Waals surface area contributed by atoms with Crippen molar-refractivity contribution in [3.63, 3.8) is 0 Å². The van der Waals surface area contributed by atoms with E-state index in [4.69, 9.17) is 9.47 Å². The molecule has 132 valence electrons. The second kappa shape index (κ2) is 10.2. The van der Waals surface area contributed by atoms with Crippen LogP contribution in [0.4, 0.5) is 5.69 Å². The van der Waals surface area contributed by atoms with Crippen LogP contribution in [0.3, 0.4) is 0 Å². The first kappa shape index (κ1) is 18.6. The third-order valence-corrected chi connectivity index (χ3v) is 3.52. The highest BCUT2D eigenvalue weighted by Gasteiger charge is 2.04. The summed E-state index contributed by atoms with van der Waals surface area (Å²) >= 11 is 0. The summed E-state index contributed by atoms with van der Waals surface area (Å²) in [6.45, 7) is 5.33. The highest BCUT2D eigenvalue weighted by molar-refractivity contribution is 6.02. The normalized spacial score (nSPS) is 10.6. The van der Waals surface area contributed by atoms with Crippen molar-refractivity contribution in [2.75, 3.05) is 18.5 Å². The maximum Gasteiger partial charge on any atom is 0.248 e. The molecule has 0 saturated heterocycles. The summed E-state index contributed by atoms with van der Waals surface area (Å²) in [5, 5.41) is 2.84. The van der Waals surface area contributed by atoms with Crippen molar-refractivity contribution in [3.05, 3.63) is 60.2 Å². The van der Waals surface area contributed by atoms with Crippen LogP contribution >= 0.6 is 0 Å². The Labute approximate surface area is 149 Å². The number of nitrogens with one attached hydrogen (secondary N) is 1. The summed E-state index contributed by atoms with van der Waals surface area (Å²) in [4.78, 5) is 12.1. The Kier molecular flexibility index (Phi) is 7.57. The fourth-order valence-electron chi connectivity index (χ4n) is 2.21. The Bertz CT molecular complexity index is 693. The Morgan fingerprint density at radius 3 is 2.52 bits per heavy atom. The van der Waals surface area contributed by atoms with Crippen LogP contribution in [-0.4, -0.2) is 19.1 Å². The number of anilines is 1. The number of unbranched alkanes of at least 4 members (excludes halogenated alkanes) is 1. The van der Waals surface area contributed by atoms with Crippen molar-refractivity contribution < 1.29 is 14.3 Å². The van der Waals surface area contributed by atoms with E-state index in [2.05, 4.69) is 12.2 Å². The van der Waals surface area contributed by atoms with Crippen molar-refractivity contribution in [2.24, 2.45) is 0 Å². The molecule has 0 atom stereocenters. The molecule has 1 amide bonds. The van der Waals surface area contributed by atoms with E-state index in [1.807, 2.05) is 55.5 Å². The van der Waals surface area contributed by atoms with E-state index in [1.54, 1.807) is 6.08 Å². The Hall–Kier alpha value is -2.75. The first-order chi connectivity index (χ1) is 12.2. The lowest BCUT2D eigenvalue weighted by Crippen LogP contribution is -2.09. The minimum absolute atomic E-state index is 0.199. The van der Waals surface area contributed by atoms with Crippen molar-refractivity contribution in [1.29, 1.82) is 0 Å². The lowest BCUT2D eigenvalue weighted by atomic mass is 10.2. The maximum absolute atomic E-state index is 12.1. The maximum atomic E-state index is 12.1. The zero-order valence-corrected chi connectivity index (χ0v) is 14.8. The van der Waals surface area contributed by atoms with Gasteiger partial charge in [0.1, 0.15) is 11.5 Å². The van der Waals surface area contributed by atoms with Crippen molar-refractivity contribution in [3.8, 4) is 11.5 Å².